The van der Waals surface area contributed by atoms with Gasteiger partial charge in [-0.3, -0.25) is 18.5 Å². The molecule has 3 aromatic carbocycles. The number of amides is 1. The summed E-state index contributed by atoms with van der Waals surface area (Å²) in [7, 11) is 5.41. The van der Waals surface area contributed by atoms with Crippen molar-refractivity contribution in [3.8, 4) is 28.3 Å². The van der Waals surface area contributed by atoms with Gasteiger partial charge in [-0.1, -0.05) is 12.1 Å². The SMILES string of the molecule is CC(=O)Nc1ccc(-c2ccc3c(c2)nc(-c2cncn2C)n3-c2ccc3c(c2)n(C)c(=O)n3C)cc1F. The van der Waals surface area contributed by atoms with E-state index in [9.17, 15) is 14.0 Å². The van der Waals surface area contributed by atoms with Gasteiger partial charge in [0.05, 0.1) is 40.3 Å². The maximum Gasteiger partial charge on any atom is 0.328 e. The number of halogens is 1. The van der Waals surface area contributed by atoms with Crippen LogP contribution in [0.5, 0.6) is 0 Å². The zero-order valence-corrected chi connectivity index (χ0v) is 21.2. The molecule has 10 heteroatoms. The minimum absolute atomic E-state index is 0.0964. The van der Waals surface area contributed by atoms with E-state index >= 15 is 0 Å². The lowest BCUT2D eigenvalue weighted by atomic mass is 10.0. The molecule has 0 aliphatic carbocycles. The second-order valence-corrected chi connectivity index (χ2v) is 9.31. The van der Waals surface area contributed by atoms with Crippen LogP contribution < -0.4 is 11.0 Å². The van der Waals surface area contributed by atoms with Crippen molar-refractivity contribution in [2.24, 2.45) is 21.1 Å². The Labute approximate surface area is 216 Å². The first kappa shape index (κ1) is 23.4. The molecule has 3 aromatic heterocycles. The highest BCUT2D eigenvalue weighted by molar-refractivity contribution is 5.90. The van der Waals surface area contributed by atoms with Gasteiger partial charge in [0.2, 0.25) is 5.91 Å². The number of anilines is 1. The predicted molar refractivity (Wildman–Crippen MR) is 145 cm³/mol. The van der Waals surface area contributed by atoms with Crippen molar-refractivity contribution in [2.45, 2.75) is 6.92 Å². The van der Waals surface area contributed by atoms with Gasteiger partial charge in [0.15, 0.2) is 5.82 Å². The third-order valence-corrected chi connectivity index (χ3v) is 6.83. The fraction of sp³-hybridized carbons (Fsp3) is 0.143. The van der Waals surface area contributed by atoms with Crippen LogP contribution in [-0.2, 0) is 25.9 Å². The predicted octanol–water partition coefficient (Wildman–Crippen LogP) is 4.38. The number of aryl methyl sites for hydroxylation is 3. The van der Waals surface area contributed by atoms with Crippen LogP contribution in [0.2, 0.25) is 0 Å². The van der Waals surface area contributed by atoms with E-state index in [2.05, 4.69) is 10.3 Å². The summed E-state index contributed by atoms with van der Waals surface area (Å²) in [6.45, 7) is 1.34. The average molecular weight is 510 g/mol. The summed E-state index contributed by atoms with van der Waals surface area (Å²) in [5.74, 6) is -0.162. The summed E-state index contributed by atoms with van der Waals surface area (Å²) >= 11 is 0. The van der Waals surface area contributed by atoms with E-state index in [1.165, 1.54) is 13.0 Å². The summed E-state index contributed by atoms with van der Waals surface area (Å²) in [6, 6.07) is 16.4. The number of carbonyl (C=O) groups excluding carboxylic acids is 1. The lowest BCUT2D eigenvalue weighted by molar-refractivity contribution is -0.114. The Balaban J connectivity index is 1.55. The first-order valence-corrected chi connectivity index (χ1v) is 12.0. The van der Waals surface area contributed by atoms with Crippen molar-refractivity contribution in [1.82, 2.24) is 28.2 Å². The topological polar surface area (TPSA) is 91.7 Å². The van der Waals surface area contributed by atoms with Crippen molar-refractivity contribution in [3.63, 3.8) is 0 Å². The highest BCUT2D eigenvalue weighted by Gasteiger charge is 2.19. The van der Waals surface area contributed by atoms with Gasteiger partial charge in [-0.15, -0.1) is 0 Å². The Kier molecular flexibility index (Phi) is 5.27. The summed E-state index contributed by atoms with van der Waals surface area (Å²) in [4.78, 5) is 33.1. The van der Waals surface area contributed by atoms with Crippen LogP contribution in [0.4, 0.5) is 10.1 Å². The molecule has 38 heavy (non-hydrogen) atoms. The third kappa shape index (κ3) is 3.61. The Bertz CT molecular complexity index is 1960. The lowest BCUT2D eigenvalue weighted by Crippen LogP contribution is -2.19. The Morgan fingerprint density at radius 2 is 1.61 bits per heavy atom. The van der Waals surface area contributed by atoms with Gasteiger partial charge < -0.3 is 9.88 Å². The fourth-order valence-electron chi connectivity index (χ4n) is 4.89. The summed E-state index contributed by atoms with van der Waals surface area (Å²) in [5.41, 5.74) is 6.35. The fourth-order valence-corrected chi connectivity index (χ4v) is 4.89. The van der Waals surface area contributed by atoms with Crippen molar-refractivity contribution < 1.29 is 9.18 Å². The third-order valence-electron chi connectivity index (χ3n) is 6.83. The minimum atomic E-state index is -0.513. The first-order chi connectivity index (χ1) is 18.2. The van der Waals surface area contributed by atoms with Crippen LogP contribution in [0.3, 0.4) is 0 Å². The number of carbonyl (C=O) groups is 1. The molecular formula is C28H24FN7O2. The van der Waals surface area contributed by atoms with E-state index in [-0.39, 0.29) is 17.3 Å². The summed E-state index contributed by atoms with van der Waals surface area (Å²) in [5, 5.41) is 2.49. The highest BCUT2D eigenvalue weighted by atomic mass is 19.1. The second-order valence-electron chi connectivity index (χ2n) is 9.31. The standard InChI is InChI=1S/C28H24FN7O2/c1-16(37)31-21-8-5-17(11-20(21)29)18-6-9-23-22(12-18)32-27(26-14-30-15-33(26)2)36(23)19-7-10-24-25(13-19)35(4)28(38)34(24)3/h5-15H,1-4H3,(H,31,37). The monoisotopic (exact) mass is 509 g/mol. The van der Waals surface area contributed by atoms with Crippen LogP contribution in [0.15, 0.2) is 71.9 Å². The van der Waals surface area contributed by atoms with E-state index in [1.54, 1.807) is 47.9 Å². The molecule has 0 saturated carbocycles. The minimum Gasteiger partial charge on any atom is -0.331 e. The molecule has 3 heterocycles. The van der Waals surface area contributed by atoms with Crippen LogP contribution in [0.1, 0.15) is 6.92 Å². The number of rotatable bonds is 4. The molecule has 1 N–H and O–H groups in total. The van der Waals surface area contributed by atoms with Gasteiger partial charge in [-0.25, -0.2) is 19.2 Å². The van der Waals surface area contributed by atoms with E-state index in [0.717, 1.165) is 33.5 Å². The molecule has 0 saturated heterocycles. The van der Waals surface area contributed by atoms with Crippen molar-refractivity contribution in [2.75, 3.05) is 5.32 Å². The van der Waals surface area contributed by atoms with Gasteiger partial charge >= 0.3 is 5.69 Å². The number of imidazole rings is 3. The summed E-state index contributed by atoms with van der Waals surface area (Å²) < 4.78 is 21.8. The molecule has 0 aliphatic heterocycles. The van der Waals surface area contributed by atoms with Gasteiger partial charge in [-0.2, -0.15) is 0 Å². The molecule has 190 valence electrons. The second kappa shape index (κ2) is 8.55. The normalized spacial score (nSPS) is 11.5. The zero-order valence-electron chi connectivity index (χ0n) is 21.2. The molecule has 6 aromatic rings. The molecule has 0 unspecified atom stereocenters. The highest BCUT2D eigenvalue weighted by Crippen LogP contribution is 2.33. The molecule has 0 fully saturated rings. The van der Waals surface area contributed by atoms with Crippen molar-refractivity contribution >= 4 is 33.7 Å². The van der Waals surface area contributed by atoms with E-state index < -0.39 is 5.82 Å². The number of hydrogen-bond acceptors (Lipinski definition) is 4. The molecular weight excluding hydrogens is 485 g/mol. The zero-order chi connectivity index (χ0) is 26.7. The van der Waals surface area contributed by atoms with E-state index in [4.69, 9.17) is 4.98 Å². The van der Waals surface area contributed by atoms with Crippen molar-refractivity contribution in [1.29, 1.82) is 0 Å². The van der Waals surface area contributed by atoms with Gasteiger partial charge in [0.1, 0.15) is 11.5 Å². The quantitative estimate of drug-likeness (QED) is 0.382. The number of nitrogens with zero attached hydrogens (tertiary/aromatic N) is 6. The molecule has 6 rings (SSSR count). The molecule has 0 radical (unpaired) electrons. The van der Waals surface area contributed by atoms with Crippen LogP contribution in [0, 0.1) is 5.82 Å². The lowest BCUT2D eigenvalue weighted by Gasteiger charge is -2.11. The smallest absolute Gasteiger partial charge is 0.328 e. The Hall–Kier alpha value is -4.99. The number of fused-ring (bicyclic) bond motifs is 2. The number of benzene rings is 3. The maximum atomic E-state index is 14.7. The van der Waals surface area contributed by atoms with Gasteiger partial charge in [0.25, 0.3) is 0 Å². The molecule has 0 spiro atoms. The van der Waals surface area contributed by atoms with Gasteiger partial charge in [-0.05, 0) is 53.6 Å². The van der Waals surface area contributed by atoms with Crippen LogP contribution in [-0.4, -0.2) is 34.1 Å². The van der Waals surface area contributed by atoms with E-state index in [1.807, 2.05) is 52.6 Å². The molecule has 0 atom stereocenters. The molecule has 0 aliphatic rings. The number of hydrogen-bond donors (Lipinski definition) is 1. The molecule has 1 amide bonds. The van der Waals surface area contributed by atoms with Crippen LogP contribution in [0.25, 0.3) is 50.4 Å². The average Bonchev–Trinajstić information content (AvgIpc) is 3.55. The molecule has 0 bridgehead atoms. The van der Waals surface area contributed by atoms with E-state index in [0.29, 0.717) is 16.9 Å². The number of aromatic nitrogens is 6. The van der Waals surface area contributed by atoms with Crippen LogP contribution >= 0.6 is 0 Å². The maximum absolute atomic E-state index is 14.7. The Morgan fingerprint density at radius 1 is 0.895 bits per heavy atom. The first-order valence-electron chi connectivity index (χ1n) is 12.0. The van der Waals surface area contributed by atoms with Gasteiger partial charge in [0, 0.05) is 33.8 Å². The molecule has 9 nitrogen and oxygen atoms in total. The largest absolute Gasteiger partial charge is 0.331 e. The summed E-state index contributed by atoms with van der Waals surface area (Å²) in [6.07, 6.45) is 3.47. The number of nitrogens with one attached hydrogen (secondary N) is 1. The Morgan fingerprint density at radius 3 is 2.32 bits per heavy atom. The van der Waals surface area contributed by atoms with Crippen molar-refractivity contribution in [3.05, 3.63) is 83.4 Å².